The van der Waals surface area contributed by atoms with Gasteiger partial charge in [0, 0.05) is 22.2 Å². The molecule has 3 rings (SSSR count). The third kappa shape index (κ3) is 4.11. The molecule has 128 valence electrons. The highest BCUT2D eigenvalue weighted by atomic mass is 32.2. The lowest BCUT2D eigenvalue weighted by Gasteiger charge is -2.15. The number of nitrogens with one attached hydrogen (secondary N) is 1. The molecule has 0 aliphatic carbocycles. The fourth-order valence-corrected chi connectivity index (χ4v) is 3.52. The van der Waals surface area contributed by atoms with Crippen molar-refractivity contribution in [3.05, 3.63) is 89.7 Å². The van der Waals surface area contributed by atoms with Crippen molar-refractivity contribution >= 4 is 17.7 Å². The zero-order chi connectivity index (χ0) is 18.4. The van der Waals surface area contributed by atoms with Crippen LogP contribution < -0.4 is 5.32 Å². The SMILES string of the molecule is CC(NC(=O)c1ccccc1Sc1ccccc1C#N)c1cccnc1. The van der Waals surface area contributed by atoms with Gasteiger partial charge in [-0.25, -0.2) is 0 Å². The predicted octanol–water partition coefficient (Wildman–Crippen LogP) is 4.60. The Morgan fingerprint density at radius 1 is 1.08 bits per heavy atom. The zero-order valence-corrected chi connectivity index (χ0v) is 15.0. The molecule has 3 aromatic rings. The summed E-state index contributed by atoms with van der Waals surface area (Å²) >= 11 is 1.42. The van der Waals surface area contributed by atoms with E-state index in [1.54, 1.807) is 24.5 Å². The van der Waals surface area contributed by atoms with E-state index in [1.807, 2.05) is 55.5 Å². The molecule has 0 spiro atoms. The first kappa shape index (κ1) is 17.7. The maximum absolute atomic E-state index is 12.8. The highest BCUT2D eigenvalue weighted by Gasteiger charge is 2.16. The van der Waals surface area contributed by atoms with E-state index in [0.717, 1.165) is 15.4 Å². The van der Waals surface area contributed by atoms with E-state index >= 15 is 0 Å². The summed E-state index contributed by atoms with van der Waals surface area (Å²) in [5.41, 5.74) is 2.12. The predicted molar refractivity (Wildman–Crippen MR) is 102 cm³/mol. The highest BCUT2D eigenvalue weighted by Crippen LogP contribution is 2.32. The molecule has 1 atom stereocenters. The monoisotopic (exact) mass is 359 g/mol. The Balaban J connectivity index is 1.83. The number of carbonyl (C=O) groups excluding carboxylic acids is 1. The van der Waals surface area contributed by atoms with Gasteiger partial charge in [-0.2, -0.15) is 5.26 Å². The molecule has 1 unspecified atom stereocenters. The van der Waals surface area contributed by atoms with Crippen LogP contribution in [-0.4, -0.2) is 10.9 Å². The zero-order valence-electron chi connectivity index (χ0n) is 14.2. The summed E-state index contributed by atoms with van der Waals surface area (Å²) in [5, 5.41) is 12.3. The Hall–Kier alpha value is -3.10. The van der Waals surface area contributed by atoms with Crippen LogP contribution in [0.4, 0.5) is 0 Å². The lowest BCUT2D eigenvalue weighted by Crippen LogP contribution is -2.27. The van der Waals surface area contributed by atoms with Gasteiger partial charge in [0.2, 0.25) is 0 Å². The minimum atomic E-state index is -0.154. The van der Waals surface area contributed by atoms with Crippen molar-refractivity contribution < 1.29 is 4.79 Å². The summed E-state index contributed by atoms with van der Waals surface area (Å²) in [4.78, 5) is 18.5. The Kier molecular flexibility index (Phi) is 5.67. The van der Waals surface area contributed by atoms with Gasteiger partial charge in [-0.1, -0.05) is 42.1 Å². The van der Waals surface area contributed by atoms with E-state index in [0.29, 0.717) is 11.1 Å². The van der Waals surface area contributed by atoms with E-state index in [-0.39, 0.29) is 11.9 Å². The van der Waals surface area contributed by atoms with Crippen molar-refractivity contribution in [2.24, 2.45) is 0 Å². The van der Waals surface area contributed by atoms with Crippen LogP contribution in [0.1, 0.15) is 34.5 Å². The number of hydrogen-bond donors (Lipinski definition) is 1. The molecule has 0 aliphatic rings. The Morgan fingerprint density at radius 2 is 1.81 bits per heavy atom. The molecule has 0 fully saturated rings. The van der Waals surface area contributed by atoms with Gasteiger partial charge in [-0.15, -0.1) is 0 Å². The van der Waals surface area contributed by atoms with Crippen molar-refractivity contribution in [2.75, 3.05) is 0 Å². The van der Waals surface area contributed by atoms with E-state index in [9.17, 15) is 10.1 Å². The maximum atomic E-state index is 12.8. The average Bonchev–Trinajstić information content (AvgIpc) is 2.69. The molecule has 1 N–H and O–H groups in total. The minimum absolute atomic E-state index is 0.152. The van der Waals surface area contributed by atoms with Crippen LogP contribution in [0, 0.1) is 11.3 Å². The molecule has 0 saturated heterocycles. The van der Waals surface area contributed by atoms with Gasteiger partial charge >= 0.3 is 0 Å². The lowest BCUT2D eigenvalue weighted by atomic mass is 10.1. The van der Waals surface area contributed by atoms with Crippen molar-refractivity contribution in [2.45, 2.75) is 22.8 Å². The molecule has 4 nitrogen and oxygen atoms in total. The van der Waals surface area contributed by atoms with Crippen LogP contribution in [0.3, 0.4) is 0 Å². The topological polar surface area (TPSA) is 65.8 Å². The van der Waals surface area contributed by atoms with Crippen molar-refractivity contribution in [3.8, 4) is 6.07 Å². The van der Waals surface area contributed by atoms with Crippen molar-refractivity contribution in [3.63, 3.8) is 0 Å². The summed E-state index contributed by atoms with van der Waals surface area (Å²) in [7, 11) is 0. The molecule has 1 heterocycles. The van der Waals surface area contributed by atoms with Gasteiger partial charge in [-0.05, 0) is 42.8 Å². The van der Waals surface area contributed by atoms with E-state index in [2.05, 4.69) is 16.4 Å². The van der Waals surface area contributed by atoms with Crippen molar-refractivity contribution in [1.29, 1.82) is 5.26 Å². The van der Waals surface area contributed by atoms with E-state index in [1.165, 1.54) is 11.8 Å². The van der Waals surface area contributed by atoms with Crippen LogP contribution in [0.15, 0.2) is 82.8 Å². The second-order valence-corrected chi connectivity index (χ2v) is 6.77. The van der Waals surface area contributed by atoms with E-state index in [4.69, 9.17) is 0 Å². The molecule has 1 amide bonds. The fourth-order valence-electron chi connectivity index (χ4n) is 2.50. The standard InChI is InChI=1S/C21H17N3OS/c1-15(17-8-6-12-23-14-17)24-21(25)18-9-3-5-11-20(18)26-19-10-4-2-7-16(19)13-22/h2-12,14-15H,1H3,(H,24,25). The van der Waals surface area contributed by atoms with Crippen LogP contribution >= 0.6 is 11.8 Å². The Labute approximate surface area is 156 Å². The second kappa shape index (κ2) is 8.32. The normalized spacial score (nSPS) is 11.4. The number of rotatable bonds is 5. The van der Waals surface area contributed by atoms with Gasteiger partial charge in [0.05, 0.1) is 17.2 Å². The van der Waals surface area contributed by atoms with Crippen LogP contribution in [0.25, 0.3) is 0 Å². The number of benzene rings is 2. The average molecular weight is 359 g/mol. The Morgan fingerprint density at radius 3 is 2.54 bits per heavy atom. The molecular formula is C21H17N3OS. The first-order valence-electron chi connectivity index (χ1n) is 8.16. The quantitative estimate of drug-likeness (QED) is 0.723. The van der Waals surface area contributed by atoms with Crippen LogP contribution in [-0.2, 0) is 0 Å². The highest BCUT2D eigenvalue weighted by molar-refractivity contribution is 7.99. The molecule has 0 saturated carbocycles. The summed E-state index contributed by atoms with van der Waals surface area (Å²) in [6.07, 6.45) is 3.45. The number of carbonyl (C=O) groups is 1. The molecule has 0 radical (unpaired) electrons. The fraction of sp³-hybridized carbons (Fsp3) is 0.0952. The largest absolute Gasteiger partial charge is 0.345 e. The minimum Gasteiger partial charge on any atom is -0.345 e. The Bertz CT molecular complexity index is 951. The summed E-state index contributed by atoms with van der Waals surface area (Å²) in [5.74, 6) is -0.154. The summed E-state index contributed by atoms with van der Waals surface area (Å²) in [6.45, 7) is 1.93. The smallest absolute Gasteiger partial charge is 0.252 e. The number of aromatic nitrogens is 1. The van der Waals surface area contributed by atoms with Gasteiger partial charge in [-0.3, -0.25) is 9.78 Å². The van der Waals surface area contributed by atoms with Crippen molar-refractivity contribution in [1.82, 2.24) is 10.3 Å². The molecule has 5 heteroatoms. The first-order chi connectivity index (χ1) is 12.7. The molecule has 0 aliphatic heterocycles. The van der Waals surface area contributed by atoms with Gasteiger partial charge in [0.25, 0.3) is 5.91 Å². The van der Waals surface area contributed by atoms with Gasteiger partial charge in [0.1, 0.15) is 6.07 Å². The van der Waals surface area contributed by atoms with Gasteiger partial charge < -0.3 is 5.32 Å². The number of amides is 1. The molecule has 1 aromatic heterocycles. The first-order valence-corrected chi connectivity index (χ1v) is 8.97. The van der Waals surface area contributed by atoms with Crippen LogP contribution in [0.5, 0.6) is 0 Å². The number of hydrogen-bond acceptors (Lipinski definition) is 4. The molecule has 0 bridgehead atoms. The van der Waals surface area contributed by atoms with Gasteiger partial charge in [0.15, 0.2) is 0 Å². The number of nitrogens with zero attached hydrogens (tertiary/aromatic N) is 2. The molecule has 26 heavy (non-hydrogen) atoms. The maximum Gasteiger partial charge on any atom is 0.252 e. The summed E-state index contributed by atoms with van der Waals surface area (Å²) in [6, 6.07) is 20.6. The van der Waals surface area contributed by atoms with Crippen LogP contribution in [0.2, 0.25) is 0 Å². The second-order valence-electron chi connectivity index (χ2n) is 5.69. The third-order valence-corrected chi connectivity index (χ3v) is 5.04. The number of pyridine rings is 1. The molecular weight excluding hydrogens is 342 g/mol. The summed E-state index contributed by atoms with van der Waals surface area (Å²) < 4.78 is 0. The molecule has 2 aromatic carbocycles. The van der Waals surface area contributed by atoms with E-state index < -0.39 is 0 Å². The lowest BCUT2D eigenvalue weighted by molar-refractivity contribution is 0.0937. The number of nitriles is 1. The third-order valence-electron chi connectivity index (χ3n) is 3.89.